The third-order valence-corrected chi connectivity index (χ3v) is 3.65. The Morgan fingerprint density at radius 3 is 2.46 bits per heavy atom. The van der Waals surface area contributed by atoms with Crippen LogP contribution in [0.5, 0.6) is 23.1 Å². The number of fused-ring (bicyclic) bond motifs is 2. The maximum atomic E-state index is 10.7. The van der Waals surface area contributed by atoms with Crippen LogP contribution in [0.25, 0.3) is 10.8 Å². The van der Waals surface area contributed by atoms with E-state index in [9.17, 15) is 10.1 Å². The molecule has 120 valence electrons. The van der Waals surface area contributed by atoms with Crippen LogP contribution in [0.1, 0.15) is 0 Å². The van der Waals surface area contributed by atoms with Crippen LogP contribution in [-0.4, -0.2) is 23.1 Å². The predicted molar refractivity (Wildman–Crippen MR) is 85.9 cm³/mol. The maximum Gasteiger partial charge on any atom is 0.269 e. The molecule has 24 heavy (non-hydrogen) atoms. The van der Waals surface area contributed by atoms with E-state index in [0.717, 1.165) is 10.8 Å². The van der Waals surface area contributed by atoms with Crippen molar-refractivity contribution in [1.29, 1.82) is 0 Å². The molecule has 0 radical (unpaired) electrons. The standard InChI is InChI=1S/C17H12N2O5/c20-19(21)12-1-3-13(4-2-12)24-17-14-10-16-15(22-7-8-23-16)9-11(14)5-6-18-17/h1-6,9-10H,7-8H2. The molecule has 2 aromatic carbocycles. The van der Waals surface area contributed by atoms with Crippen LogP contribution in [0, 0.1) is 10.1 Å². The van der Waals surface area contributed by atoms with Crippen molar-refractivity contribution in [3.05, 3.63) is 58.8 Å². The summed E-state index contributed by atoms with van der Waals surface area (Å²) in [6, 6.07) is 11.4. The second-order valence-corrected chi connectivity index (χ2v) is 5.19. The Kier molecular flexibility index (Phi) is 3.38. The summed E-state index contributed by atoms with van der Waals surface area (Å²) in [6.07, 6.45) is 1.64. The number of nitrogens with zero attached hydrogens (tertiary/aromatic N) is 2. The number of nitro benzene ring substituents is 1. The van der Waals surface area contributed by atoms with E-state index in [1.807, 2.05) is 18.2 Å². The number of benzene rings is 2. The zero-order valence-corrected chi connectivity index (χ0v) is 12.5. The van der Waals surface area contributed by atoms with Gasteiger partial charge in [-0.1, -0.05) is 0 Å². The quantitative estimate of drug-likeness (QED) is 0.539. The summed E-state index contributed by atoms with van der Waals surface area (Å²) in [5.41, 5.74) is 0.00727. The summed E-state index contributed by atoms with van der Waals surface area (Å²) in [7, 11) is 0. The SMILES string of the molecule is O=[N+]([O-])c1ccc(Oc2nccc3cc4c(cc23)OCCO4)cc1. The van der Waals surface area contributed by atoms with E-state index in [1.165, 1.54) is 24.3 Å². The molecule has 4 rings (SSSR count). The molecule has 1 aliphatic heterocycles. The second-order valence-electron chi connectivity index (χ2n) is 5.19. The fourth-order valence-corrected chi connectivity index (χ4v) is 2.51. The Hall–Kier alpha value is -3.35. The van der Waals surface area contributed by atoms with Crippen LogP contribution >= 0.6 is 0 Å². The van der Waals surface area contributed by atoms with Gasteiger partial charge in [0.15, 0.2) is 11.5 Å². The van der Waals surface area contributed by atoms with Crippen molar-refractivity contribution < 1.29 is 19.1 Å². The molecule has 0 unspecified atom stereocenters. The summed E-state index contributed by atoms with van der Waals surface area (Å²) in [5.74, 6) is 2.21. The Morgan fingerprint density at radius 1 is 1.04 bits per heavy atom. The van der Waals surface area contributed by atoms with Crippen molar-refractivity contribution in [1.82, 2.24) is 4.98 Å². The van der Waals surface area contributed by atoms with Gasteiger partial charge in [-0.3, -0.25) is 10.1 Å². The minimum atomic E-state index is -0.455. The summed E-state index contributed by atoms with van der Waals surface area (Å²) in [4.78, 5) is 14.5. The molecule has 1 aliphatic rings. The van der Waals surface area contributed by atoms with Crippen molar-refractivity contribution in [3.8, 4) is 23.1 Å². The normalized spacial score (nSPS) is 12.8. The van der Waals surface area contributed by atoms with Gasteiger partial charge in [0.05, 0.1) is 4.92 Å². The monoisotopic (exact) mass is 324 g/mol. The number of nitro groups is 1. The number of ether oxygens (including phenoxy) is 3. The molecule has 0 saturated heterocycles. The molecule has 0 spiro atoms. The fourth-order valence-electron chi connectivity index (χ4n) is 2.51. The van der Waals surface area contributed by atoms with E-state index in [1.54, 1.807) is 6.20 Å². The van der Waals surface area contributed by atoms with E-state index >= 15 is 0 Å². The molecule has 0 N–H and O–H groups in total. The van der Waals surface area contributed by atoms with Gasteiger partial charge in [-0.2, -0.15) is 0 Å². The number of hydrogen-bond acceptors (Lipinski definition) is 6. The largest absolute Gasteiger partial charge is 0.486 e. The fraction of sp³-hybridized carbons (Fsp3) is 0.118. The number of aromatic nitrogens is 1. The van der Waals surface area contributed by atoms with Crippen LogP contribution in [0.2, 0.25) is 0 Å². The average molecular weight is 324 g/mol. The van der Waals surface area contributed by atoms with Crippen molar-refractivity contribution in [2.24, 2.45) is 0 Å². The summed E-state index contributed by atoms with van der Waals surface area (Å²) >= 11 is 0. The Balaban J connectivity index is 1.72. The first-order chi connectivity index (χ1) is 11.7. The number of rotatable bonds is 3. The van der Waals surface area contributed by atoms with Gasteiger partial charge in [-0.05, 0) is 35.7 Å². The highest BCUT2D eigenvalue weighted by atomic mass is 16.6. The van der Waals surface area contributed by atoms with E-state index in [4.69, 9.17) is 14.2 Å². The minimum Gasteiger partial charge on any atom is -0.486 e. The third-order valence-electron chi connectivity index (χ3n) is 3.65. The van der Waals surface area contributed by atoms with Gasteiger partial charge < -0.3 is 14.2 Å². The topological polar surface area (TPSA) is 83.7 Å². The summed E-state index contributed by atoms with van der Waals surface area (Å²) < 4.78 is 17.0. The minimum absolute atomic E-state index is 0.00727. The van der Waals surface area contributed by atoms with Gasteiger partial charge in [0.2, 0.25) is 5.88 Å². The molecule has 1 aromatic heterocycles. The van der Waals surface area contributed by atoms with E-state index in [2.05, 4.69) is 4.98 Å². The first kappa shape index (κ1) is 14.3. The summed E-state index contributed by atoms with van der Waals surface area (Å²) in [5, 5.41) is 12.4. The van der Waals surface area contributed by atoms with Gasteiger partial charge in [0, 0.05) is 23.7 Å². The summed E-state index contributed by atoms with van der Waals surface area (Å²) in [6.45, 7) is 1.02. The Labute approximate surface area is 136 Å². The molecule has 0 aliphatic carbocycles. The van der Waals surface area contributed by atoms with Crippen LogP contribution in [-0.2, 0) is 0 Å². The molecule has 0 fully saturated rings. The van der Waals surface area contributed by atoms with Crippen LogP contribution in [0.4, 0.5) is 5.69 Å². The molecule has 3 aromatic rings. The first-order valence-electron chi connectivity index (χ1n) is 7.31. The lowest BCUT2D eigenvalue weighted by atomic mass is 10.1. The van der Waals surface area contributed by atoms with Gasteiger partial charge in [-0.15, -0.1) is 0 Å². The number of hydrogen-bond donors (Lipinski definition) is 0. The zero-order chi connectivity index (χ0) is 16.5. The highest BCUT2D eigenvalue weighted by Crippen LogP contribution is 2.38. The maximum absolute atomic E-state index is 10.7. The molecule has 0 saturated carbocycles. The average Bonchev–Trinajstić information content (AvgIpc) is 2.61. The lowest BCUT2D eigenvalue weighted by Gasteiger charge is -2.19. The van der Waals surface area contributed by atoms with Crippen LogP contribution < -0.4 is 14.2 Å². The molecule has 0 amide bonds. The van der Waals surface area contributed by atoms with Crippen LogP contribution in [0.15, 0.2) is 48.7 Å². The molecule has 7 nitrogen and oxygen atoms in total. The third kappa shape index (κ3) is 2.56. The van der Waals surface area contributed by atoms with Gasteiger partial charge in [0.25, 0.3) is 5.69 Å². The number of non-ortho nitro benzene ring substituents is 1. The van der Waals surface area contributed by atoms with Gasteiger partial charge in [-0.25, -0.2) is 4.98 Å². The molecule has 0 atom stereocenters. The second kappa shape index (κ2) is 5.69. The first-order valence-corrected chi connectivity index (χ1v) is 7.31. The number of pyridine rings is 1. The van der Waals surface area contributed by atoms with Crippen LogP contribution in [0.3, 0.4) is 0 Å². The highest BCUT2D eigenvalue weighted by molar-refractivity contribution is 5.90. The van der Waals surface area contributed by atoms with Crippen molar-refractivity contribution in [2.75, 3.05) is 13.2 Å². The molecular formula is C17H12N2O5. The van der Waals surface area contributed by atoms with E-state index in [0.29, 0.717) is 36.3 Å². The van der Waals surface area contributed by atoms with Crippen molar-refractivity contribution >= 4 is 16.5 Å². The van der Waals surface area contributed by atoms with Gasteiger partial charge >= 0.3 is 0 Å². The highest BCUT2D eigenvalue weighted by Gasteiger charge is 2.15. The van der Waals surface area contributed by atoms with Crippen molar-refractivity contribution in [3.63, 3.8) is 0 Å². The lowest BCUT2D eigenvalue weighted by molar-refractivity contribution is -0.384. The zero-order valence-electron chi connectivity index (χ0n) is 12.5. The van der Waals surface area contributed by atoms with Crippen molar-refractivity contribution in [2.45, 2.75) is 0 Å². The lowest BCUT2D eigenvalue weighted by Crippen LogP contribution is -2.15. The van der Waals surface area contributed by atoms with E-state index in [-0.39, 0.29) is 5.69 Å². The molecular weight excluding hydrogens is 312 g/mol. The predicted octanol–water partition coefficient (Wildman–Crippen LogP) is 3.71. The molecule has 0 bridgehead atoms. The Bertz CT molecular complexity index is 924. The molecule has 2 heterocycles. The van der Waals surface area contributed by atoms with Gasteiger partial charge in [0.1, 0.15) is 19.0 Å². The smallest absolute Gasteiger partial charge is 0.269 e. The Morgan fingerprint density at radius 2 is 1.75 bits per heavy atom. The molecule has 7 heteroatoms. The van der Waals surface area contributed by atoms with E-state index < -0.39 is 4.92 Å².